The van der Waals surface area contributed by atoms with Crippen LogP contribution in [0.25, 0.3) is 0 Å². The topological polar surface area (TPSA) is 79.0 Å². The van der Waals surface area contributed by atoms with E-state index in [1.165, 1.54) is 31.2 Å². The first-order chi connectivity index (χ1) is 13.8. The number of hydrogen-bond donors (Lipinski definition) is 1. The lowest BCUT2D eigenvalue weighted by molar-refractivity contribution is -0.139. The van der Waals surface area contributed by atoms with Crippen molar-refractivity contribution in [1.82, 2.24) is 15.1 Å². The molecular formula is C20H25F2N3O4. The van der Waals surface area contributed by atoms with E-state index in [1.54, 1.807) is 4.90 Å². The summed E-state index contributed by atoms with van der Waals surface area (Å²) in [5, 5.41) is 2.62. The molecule has 1 aromatic carbocycles. The van der Waals surface area contributed by atoms with Gasteiger partial charge in [0.15, 0.2) is 0 Å². The van der Waals surface area contributed by atoms with Gasteiger partial charge in [-0.3, -0.25) is 14.5 Å². The third kappa shape index (κ3) is 4.65. The van der Waals surface area contributed by atoms with Gasteiger partial charge in [0.1, 0.15) is 17.8 Å². The van der Waals surface area contributed by atoms with E-state index >= 15 is 0 Å². The fourth-order valence-corrected chi connectivity index (χ4v) is 3.74. The van der Waals surface area contributed by atoms with E-state index in [4.69, 9.17) is 0 Å². The van der Waals surface area contributed by atoms with Crippen molar-refractivity contribution in [3.8, 4) is 5.75 Å². The Bertz CT molecular complexity index is 763. The van der Waals surface area contributed by atoms with Crippen LogP contribution in [0, 0.1) is 0 Å². The Labute approximate surface area is 168 Å². The average molecular weight is 409 g/mol. The van der Waals surface area contributed by atoms with Gasteiger partial charge in [0.2, 0.25) is 5.91 Å². The molecule has 2 aliphatic heterocycles. The Morgan fingerprint density at radius 3 is 2.28 bits per heavy atom. The molecule has 2 aliphatic rings. The minimum absolute atomic E-state index is 0.0479. The molecule has 9 heteroatoms. The summed E-state index contributed by atoms with van der Waals surface area (Å²) < 4.78 is 28.9. The Morgan fingerprint density at radius 2 is 1.69 bits per heavy atom. The van der Waals surface area contributed by atoms with Crippen LogP contribution in [0.5, 0.6) is 5.75 Å². The highest BCUT2D eigenvalue weighted by Gasteiger charge is 2.49. The molecule has 0 aliphatic carbocycles. The highest BCUT2D eigenvalue weighted by Crippen LogP contribution is 2.30. The Morgan fingerprint density at radius 1 is 1.10 bits per heavy atom. The van der Waals surface area contributed by atoms with Crippen LogP contribution in [0.1, 0.15) is 44.6 Å². The molecule has 0 radical (unpaired) electrons. The molecule has 1 atom stereocenters. The first kappa shape index (κ1) is 21.0. The molecule has 158 valence electrons. The third-order valence-corrected chi connectivity index (χ3v) is 5.43. The van der Waals surface area contributed by atoms with Crippen molar-refractivity contribution in [1.29, 1.82) is 0 Å². The summed E-state index contributed by atoms with van der Waals surface area (Å²) in [5.41, 5.74) is -0.963. The van der Waals surface area contributed by atoms with E-state index in [0.717, 1.165) is 37.0 Å². The van der Waals surface area contributed by atoms with Gasteiger partial charge in [0.25, 0.3) is 5.91 Å². The highest BCUT2D eigenvalue weighted by molar-refractivity contribution is 6.09. The fourth-order valence-electron chi connectivity index (χ4n) is 3.74. The zero-order chi connectivity index (χ0) is 21.0. The van der Waals surface area contributed by atoms with E-state index in [0.29, 0.717) is 18.7 Å². The molecule has 0 saturated carbocycles. The van der Waals surface area contributed by atoms with E-state index in [1.807, 2.05) is 0 Å². The third-order valence-electron chi connectivity index (χ3n) is 5.43. The zero-order valence-corrected chi connectivity index (χ0v) is 16.3. The largest absolute Gasteiger partial charge is 0.435 e. The van der Waals surface area contributed by atoms with Gasteiger partial charge >= 0.3 is 12.6 Å². The summed E-state index contributed by atoms with van der Waals surface area (Å²) in [6.45, 7) is -0.477. The van der Waals surface area contributed by atoms with Crippen LogP contribution in [-0.2, 0) is 15.1 Å². The number of ether oxygens (including phenoxy) is 1. The van der Waals surface area contributed by atoms with E-state index in [-0.39, 0.29) is 18.2 Å². The van der Waals surface area contributed by atoms with Crippen molar-refractivity contribution >= 4 is 17.8 Å². The van der Waals surface area contributed by atoms with Gasteiger partial charge in [-0.05, 0) is 37.5 Å². The summed E-state index contributed by atoms with van der Waals surface area (Å²) in [7, 11) is 0. The first-order valence-corrected chi connectivity index (χ1v) is 9.78. The SMILES string of the molecule is C[C@@]1(c2ccc(OC(F)F)cc2)NC(=O)N(CC(=O)N2CCCCCCC2)C1=O. The number of imide groups is 1. The lowest BCUT2D eigenvalue weighted by Gasteiger charge is -2.27. The van der Waals surface area contributed by atoms with Crippen molar-refractivity contribution in [3.63, 3.8) is 0 Å². The van der Waals surface area contributed by atoms with Crippen LogP contribution < -0.4 is 10.1 Å². The van der Waals surface area contributed by atoms with Gasteiger partial charge in [-0.1, -0.05) is 31.4 Å². The van der Waals surface area contributed by atoms with Crippen LogP contribution in [0.15, 0.2) is 24.3 Å². The van der Waals surface area contributed by atoms with Crippen LogP contribution in [-0.4, -0.2) is 53.9 Å². The van der Waals surface area contributed by atoms with Crippen molar-refractivity contribution in [2.75, 3.05) is 19.6 Å². The second kappa shape index (κ2) is 8.75. The number of carbonyl (C=O) groups is 3. The normalized spacial score (nSPS) is 23.0. The fraction of sp³-hybridized carbons (Fsp3) is 0.550. The first-order valence-electron chi connectivity index (χ1n) is 9.78. The summed E-state index contributed by atoms with van der Waals surface area (Å²) in [6.07, 6.45) is 5.12. The van der Waals surface area contributed by atoms with E-state index in [2.05, 4.69) is 10.1 Å². The second-order valence-electron chi connectivity index (χ2n) is 7.50. The van der Waals surface area contributed by atoms with Gasteiger partial charge in [-0.25, -0.2) is 4.79 Å². The van der Waals surface area contributed by atoms with Crippen LogP contribution in [0.2, 0.25) is 0 Å². The standard InChI is InChI=1S/C20H25F2N3O4/c1-20(14-7-9-15(10-8-14)29-18(21)22)17(27)25(19(28)23-20)13-16(26)24-11-5-3-2-4-6-12-24/h7-10,18H,2-6,11-13H2,1H3,(H,23,28)/t20-/m0/s1. The molecule has 2 heterocycles. The second-order valence-corrected chi connectivity index (χ2v) is 7.50. The van der Waals surface area contributed by atoms with Crippen LogP contribution in [0.3, 0.4) is 0 Å². The minimum Gasteiger partial charge on any atom is -0.435 e. The number of benzene rings is 1. The van der Waals surface area contributed by atoms with Crippen molar-refractivity contribution < 1.29 is 27.9 Å². The number of rotatable bonds is 5. The van der Waals surface area contributed by atoms with Gasteiger partial charge in [-0.15, -0.1) is 0 Å². The lowest BCUT2D eigenvalue weighted by atomic mass is 9.92. The monoisotopic (exact) mass is 409 g/mol. The summed E-state index contributed by atoms with van der Waals surface area (Å²) in [6, 6.07) is 4.85. The van der Waals surface area contributed by atoms with Crippen molar-refractivity contribution in [2.45, 2.75) is 51.2 Å². The molecule has 1 aromatic rings. The molecule has 1 N–H and O–H groups in total. The van der Waals surface area contributed by atoms with E-state index < -0.39 is 24.1 Å². The maximum absolute atomic E-state index is 13.0. The molecule has 4 amide bonds. The lowest BCUT2D eigenvalue weighted by Crippen LogP contribution is -2.45. The quantitative estimate of drug-likeness (QED) is 0.759. The van der Waals surface area contributed by atoms with Crippen molar-refractivity contribution in [3.05, 3.63) is 29.8 Å². The molecule has 2 saturated heterocycles. The summed E-state index contributed by atoms with van der Waals surface area (Å²) in [4.78, 5) is 40.7. The molecule has 3 rings (SSSR count). The number of likely N-dealkylation sites (tertiary alicyclic amines) is 1. The van der Waals surface area contributed by atoms with Gasteiger partial charge in [-0.2, -0.15) is 8.78 Å². The molecular weight excluding hydrogens is 384 g/mol. The molecule has 0 aromatic heterocycles. The van der Waals surface area contributed by atoms with Crippen LogP contribution in [0.4, 0.5) is 13.6 Å². The zero-order valence-electron chi connectivity index (χ0n) is 16.3. The summed E-state index contributed by atoms with van der Waals surface area (Å²) >= 11 is 0. The molecule has 0 spiro atoms. The minimum atomic E-state index is -2.95. The smallest absolute Gasteiger partial charge is 0.387 e. The Balaban J connectivity index is 1.70. The predicted octanol–water partition coefficient (Wildman–Crippen LogP) is 2.85. The molecule has 2 fully saturated rings. The number of alkyl halides is 2. The van der Waals surface area contributed by atoms with Gasteiger partial charge < -0.3 is 15.0 Å². The molecule has 7 nitrogen and oxygen atoms in total. The Hall–Kier alpha value is -2.71. The number of urea groups is 1. The molecule has 0 unspecified atom stereocenters. The molecule has 29 heavy (non-hydrogen) atoms. The predicted molar refractivity (Wildman–Crippen MR) is 100 cm³/mol. The van der Waals surface area contributed by atoms with Crippen molar-refractivity contribution in [2.24, 2.45) is 0 Å². The number of amides is 4. The number of nitrogens with one attached hydrogen (secondary N) is 1. The van der Waals surface area contributed by atoms with Gasteiger partial charge in [0, 0.05) is 13.1 Å². The maximum Gasteiger partial charge on any atom is 0.387 e. The number of halogens is 2. The van der Waals surface area contributed by atoms with E-state index in [9.17, 15) is 23.2 Å². The highest BCUT2D eigenvalue weighted by atomic mass is 19.3. The number of nitrogens with zero attached hydrogens (tertiary/aromatic N) is 2. The van der Waals surface area contributed by atoms with Crippen LogP contribution >= 0.6 is 0 Å². The van der Waals surface area contributed by atoms with Gasteiger partial charge in [0.05, 0.1) is 0 Å². The number of hydrogen-bond acceptors (Lipinski definition) is 4. The summed E-state index contributed by atoms with van der Waals surface area (Å²) in [5.74, 6) is -0.848. The maximum atomic E-state index is 13.0. The number of carbonyl (C=O) groups excluding carboxylic acids is 3. The molecule has 0 bridgehead atoms. The Kier molecular flexibility index (Phi) is 6.34. The average Bonchev–Trinajstić information content (AvgIpc) is 2.85.